The lowest BCUT2D eigenvalue weighted by atomic mass is 9.92. The summed E-state index contributed by atoms with van der Waals surface area (Å²) in [4.78, 5) is 12.3. The zero-order valence-electron chi connectivity index (χ0n) is 15.9. The molecule has 140 valence electrons. The van der Waals surface area contributed by atoms with Crippen molar-refractivity contribution in [1.29, 1.82) is 0 Å². The fourth-order valence-electron chi connectivity index (χ4n) is 2.56. The van der Waals surface area contributed by atoms with Crippen molar-refractivity contribution in [3.8, 4) is 17.2 Å². The first-order chi connectivity index (χ1) is 12.7. The highest BCUT2D eigenvalue weighted by Crippen LogP contribution is 2.30. The summed E-state index contributed by atoms with van der Waals surface area (Å²) < 4.78 is 6.82. The Kier molecular flexibility index (Phi) is 4.90. The molecule has 1 aromatic heterocycles. The molecule has 0 radical (unpaired) electrons. The lowest BCUT2D eigenvalue weighted by Crippen LogP contribution is -2.19. The van der Waals surface area contributed by atoms with E-state index in [9.17, 15) is 9.90 Å². The van der Waals surface area contributed by atoms with Crippen LogP contribution in [0.15, 0.2) is 54.6 Å². The first-order valence-corrected chi connectivity index (χ1v) is 8.68. The summed E-state index contributed by atoms with van der Waals surface area (Å²) in [5, 5.41) is 17.7. The minimum Gasteiger partial charge on any atom is -0.506 e. The number of hydrogen-bond donors (Lipinski definition) is 2. The molecular weight excluding hydrogens is 342 g/mol. The average molecular weight is 365 g/mol. The molecule has 0 fully saturated rings. The molecule has 1 amide bonds. The van der Waals surface area contributed by atoms with Gasteiger partial charge in [0.1, 0.15) is 23.0 Å². The van der Waals surface area contributed by atoms with Gasteiger partial charge < -0.3 is 9.84 Å². The third-order valence-corrected chi connectivity index (χ3v) is 4.02. The fraction of sp³-hybridized carbons (Fsp3) is 0.238. The van der Waals surface area contributed by atoms with Crippen molar-refractivity contribution in [2.45, 2.75) is 33.1 Å². The molecular formula is C21H23N3O3. The summed E-state index contributed by atoms with van der Waals surface area (Å²) in [5.41, 5.74) is 1.95. The molecule has 0 aliphatic carbocycles. The highest BCUT2D eigenvalue weighted by Gasteiger charge is 2.23. The fourth-order valence-corrected chi connectivity index (χ4v) is 2.56. The Bertz CT molecular complexity index is 957. The molecule has 0 atom stereocenters. The van der Waals surface area contributed by atoms with Gasteiger partial charge in [0.25, 0.3) is 0 Å². The van der Waals surface area contributed by atoms with Crippen LogP contribution < -0.4 is 10.1 Å². The van der Waals surface area contributed by atoms with Crippen LogP contribution in [0.2, 0.25) is 0 Å². The second kappa shape index (κ2) is 7.15. The van der Waals surface area contributed by atoms with Crippen LogP contribution in [0.5, 0.6) is 11.5 Å². The number of aromatic hydroxyl groups is 1. The quantitative estimate of drug-likeness (QED) is 0.699. The van der Waals surface area contributed by atoms with Crippen molar-refractivity contribution in [3.63, 3.8) is 0 Å². The van der Waals surface area contributed by atoms with Crippen molar-refractivity contribution in [2.75, 3.05) is 5.32 Å². The van der Waals surface area contributed by atoms with Crippen LogP contribution in [0.1, 0.15) is 32.0 Å². The molecule has 2 aromatic carbocycles. The van der Waals surface area contributed by atoms with Gasteiger partial charge in [0, 0.05) is 11.5 Å². The Morgan fingerprint density at radius 3 is 2.44 bits per heavy atom. The van der Waals surface area contributed by atoms with Crippen LogP contribution in [-0.2, 0) is 5.41 Å². The Hall–Kier alpha value is -3.28. The third kappa shape index (κ3) is 4.28. The SMILES string of the molecule is Cc1ccc(-n2nc(C(C)(C)C)cc2NC(=O)Oc2ccccc2)c(O)c1. The predicted molar refractivity (Wildman–Crippen MR) is 105 cm³/mol. The summed E-state index contributed by atoms with van der Waals surface area (Å²) >= 11 is 0. The lowest BCUT2D eigenvalue weighted by Gasteiger charge is -2.14. The van der Waals surface area contributed by atoms with Crippen molar-refractivity contribution in [3.05, 3.63) is 65.9 Å². The number of hydrogen-bond acceptors (Lipinski definition) is 4. The molecule has 3 rings (SSSR count). The van der Waals surface area contributed by atoms with E-state index in [-0.39, 0.29) is 11.2 Å². The molecule has 0 unspecified atom stereocenters. The van der Waals surface area contributed by atoms with Gasteiger partial charge in [0.15, 0.2) is 0 Å². The molecule has 3 aromatic rings. The van der Waals surface area contributed by atoms with E-state index in [4.69, 9.17) is 4.74 Å². The number of carbonyl (C=O) groups excluding carboxylic acids is 1. The molecule has 6 heteroatoms. The molecule has 0 saturated carbocycles. The van der Waals surface area contributed by atoms with Crippen LogP contribution in [0.3, 0.4) is 0 Å². The second-order valence-electron chi connectivity index (χ2n) is 7.40. The molecule has 0 bridgehead atoms. The number of carbonyl (C=O) groups is 1. The van der Waals surface area contributed by atoms with Gasteiger partial charge in [-0.1, -0.05) is 45.0 Å². The number of anilines is 1. The molecule has 0 aliphatic heterocycles. The Labute approximate surface area is 158 Å². The highest BCUT2D eigenvalue weighted by molar-refractivity contribution is 5.86. The van der Waals surface area contributed by atoms with Crippen LogP contribution in [-0.4, -0.2) is 21.0 Å². The van der Waals surface area contributed by atoms with Gasteiger partial charge in [0.05, 0.1) is 5.69 Å². The molecule has 1 heterocycles. The van der Waals surface area contributed by atoms with Gasteiger partial charge in [-0.2, -0.15) is 5.10 Å². The smallest absolute Gasteiger partial charge is 0.418 e. The molecule has 0 aliphatic rings. The number of nitrogens with one attached hydrogen (secondary N) is 1. The third-order valence-electron chi connectivity index (χ3n) is 4.02. The number of nitrogens with zero attached hydrogens (tertiary/aromatic N) is 2. The Morgan fingerprint density at radius 1 is 1.11 bits per heavy atom. The van der Waals surface area contributed by atoms with E-state index < -0.39 is 6.09 Å². The summed E-state index contributed by atoms with van der Waals surface area (Å²) in [6.45, 7) is 7.98. The second-order valence-corrected chi connectivity index (χ2v) is 7.40. The van der Waals surface area contributed by atoms with Crippen molar-refractivity contribution < 1.29 is 14.6 Å². The van der Waals surface area contributed by atoms with Crippen LogP contribution in [0, 0.1) is 6.92 Å². The van der Waals surface area contributed by atoms with Crippen LogP contribution in [0.25, 0.3) is 5.69 Å². The maximum Gasteiger partial charge on any atom is 0.418 e. The van der Waals surface area contributed by atoms with Crippen LogP contribution >= 0.6 is 0 Å². The van der Waals surface area contributed by atoms with Gasteiger partial charge >= 0.3 is 6.09 Å². The number of benzene rings is 2. The van der Waals surface area contributed by atoms with E-state index in [0.717, 1.165) is 11.3 Å². The van der Waals surface area contributed by atoms with Gasteiger partial charge in [-0.05, 0) is 36.8 Å². The van der Waals surface area contributed by atoms with Crippen LogP contribution in [0.4, 0.5) is 10.6 Å². The zero-order chi connectivity index (χ0) is 19.6. The Morgan fingerprint density at radius 2 is 1.81 bits per heavy atom. The van der Waals surface area contributed by atoms with Gasteiger partial charge in [0.2, 0.25) is 0 Å². The van der Waals surface area contributed by atoms with E-state index in [0.29, 0.717) is 17.3 Å². The largest absolute Gasteiger partial charge is 0.506 e. The minimum absolute atomic E-state index is 0.0815. The molecule has 27 heavy (non-hydrogen) atoms. The number of para-hydroxylation sites is 1. The molecule has 0 saturated heterocycles. The van der Waals surface area contributed by atoms with E-state index in [1.54, 1.807) is 42.5 Å². The van der Waals surface area contributed by atoms with E-state index in [1.165, 1.54) is 4.68 Å². The van der Waals surface area contributed by atoms with E-state index >= 15 is 0 Å². The maximum atomic E-state index is 12.3. The van der Waals surface area contributed by atoms with Gasteiger partial charge in [-0.3, -0.25) is 5.32 Å². The van der Waals surface area contributed by atoms with Crippen molar-refractivity contribution in [2.24, 2.45) is 0 Å². The van der Waals surface area contributed by atoms with Gasteiger partial charge in [-0.25, -0.2) is 9.48 Å². The number of amides is 1. The normalized spacial score (nSPS) is 11.3. The standard InChI is InChI=1S/C21H23N3O3/c1-14-10-11-16(17(25)12-14)24-19(13-18(23-24)21(2,3)4)22-20(26)27-15-8-6-5-7-9-15/h5-13,25H,1-4H3,(H,22,26). The minimum atomic E-state index is -0.630. The summed E-state index contributed by atoms with van der Waals surface area (Å²) in [6.07, 6.45) is -0.630. The molecule has 2 N–H and O–H groups in total. The summed E-state index contributed by atoms with van der Waals surface area (Å²) in [5.74, 6) is 0.938. The number of rotatable bonds is 3. The number of ether oxygens (including phenoxy) is 1. The van der Waals surface area contributed by atoms with E-state index in [2.05, 4.69) is 10.4 Å². The number of aromatic nitrogens is 2. The monoisotopic (exact) mass is 365 g/mol. The summed E-state index contributed by atoms with van der Waals surface area (Å²) in [7, 11) is 0. The number of phenols is 1. The topological polar surface area (TPSA) is 76.4 Å². The summed E-state index contributed by atoms with van der Waals surface area (Å²) in [6, 6.07) is 15.9. The zero-order valence-corrected chi connectivity index (χ0v) is 15.9. The van der Waals surface area contributed by atoms with E-state index in [1.807, 2.05) is 39.8 Å². The Balaban J connectivity index is 1.95. The lowest BCUT2D eigenvalue weighted by molar-refractivity contribution is 0.215. The molecule has 6 nitrogen and oxygen atoms in total. The first kappa shape index (κ1) is 18.5. The van der Waals surface area contributed by atoms with Crippen molar-refractivity contribution >= 4 is 11.9 Å². The average Bonchev–Trinajstić information content (AvgIpc) is 2.99. The van der Waals surface area contributed by atoms with Crippen molar-refractivity contribution in [1.82, 2.24) is 9.78 Å². The highest BCUT2D eigenvalue weighted by atomic mass is 16.6. The first-order valence-electron chi connectivity index (χ1n) is 8.68. The maximum absolute atomic E-state index is 12.3. The van der Waals surface area contributed by atoms with Gasteiger partial charge in [-0.15, -0.1) is 0 Å². The predicted octanol–water partition coefficient (Wildman–Crippen LogP) is 4.79. The number of aryl methyl sites for hydroxylation is 1. The molecule has 0 spiro atoms. The number of phenolic OH excluding ortho intramolecular Hbond substituents is 1.